The summed E-state index contributed by atoms with van der Waals surface area (Å²) in [5.74, 6) is 0.126. The van der Waals surface area contributed by atoms with Gasteiger partial charge in [0.15, 0.2) is 0 Å². The van der Waals surface area contributed by atoms with E-state index in [-0.39, 0.29) is 34.9 Å². The van der Waals surface area contributed by atoms with Crippen molar-refractivity contribution in [1.82, 2.24) is 16.0 Å². The fourth-order valence-electron chi connectivity index (χ4n) is 4.36. The van der Waals surface area contributed by atoms with Crippen LogP contribution in [-0.2, 0) is 15.0 Å². The molecule has 0 saturated carbocycles. The third-order valence-corrected chi connectivity index (χ3v) is 7.27. The van der Waals surface area contributed by atoms with Crippen LogP contribution in [0.3, 0.4) is 0 Å². The van der Waals surface area contributed by atoms with Crippen LogP contribution in [-0.4, -0.2) is 36.6 Å². The zero-order chi connectivity index (χ0) is 27.6. The van der Waals surface area contributed by atoms with E-state index >= 15 is 0 Å². The molecule has 1 heterocycles. The van der Waals surface area contributed by atoms with Crippen molar-refractivity contribution in [3.63, 3.8) is 0 Å². The highest BCUT2D eigenvalue weighted by Crippen LogP contribution is 2.39. The van der Waals surface area contributed by atoms with Crippen LogP contribution in [0.2, 0.25) is 0 Å². The van der Waals surface area contributed by atoms with Gasteiger partial charge in [0.1, 0.15) is 5.75 Å². The molecule has 2 aromatic carbocycles. The minimum absolute atomic E-state index is 0.0287. The normalized spacial score (nSPS) is 19.6. The lowest BCUT2D eigenvalue weighted by molar-refractivity contribution is -0.133. The van der Waals surface area contributed by atoms with E-state index in [1.54, 1.807) is 19.2 Å². The average Bonchev–Trinajstić information content (AvgIpc) is 2.81. The summed E-state index contributed by atoms with van der Waals surface area (Å²) < 4.78 is 43.4. The fraction of sp³-hybridized carbons (Fsp3) is 0.481. The first kappa shape index (κ1) is 28.8. The molecule has 37 heavy (non-hydrogen) atoms. The molecule has 3 atom stereocenters. The molecule has 3 N–H and O–H groups in total. The van der Waals surface area contributed by atoms with Crippen LogP contribution in [0.4, 0.5) is 13.2 Å². The van der Waals surface area contributed by atoms with Crippen LogP contribution >= 0.6 is 11.8 Å². The van der Waals surface area contributed by atoms with E-state index < -0.39 is 34.6 Å². The monoisotopic (exact) mass is 537 g/mol. The SMILES string of the molecule is COc1ccc(C(C)(C)C2NC(=O)CC(C(=O)N[C@@H](c3ccc(SC(F)(F)F)cc3)C(C)(C)C)N2)cc1. The first-order chi connectivity index (χ1) is 17.1. The third-order valence-electron chi connectivity index (χ3n) is 6.53. The summed E-state index contributed by atoms with van der Waals surface area (Å²) in [5, 5.41) is 9.27. The Morgan fingerprint density at radius 2 is 1.62 bits per heavy atom. The highest BCUT2D eigenvalue weighted by Gasteiger charge is 2.41. The zero-order valence-corrected chi connectivity index (χ0v) is 22.6. The maximum absolute atomic E-state index is 13.4. The smallest absolute Gasteiger partial charge is 0.446 e. The van der Waals surface area contributed by atoms with Gasteiger partial charge in [0.2, 0.25) is 11.8 Å². The summed E-state index contributed by atoms with van der Waals surface area (Å²) in [4.78, 5) is 26.1. The highest BCUT2D eigenvalue weighted by molar-refractivity contribution is 8.00. The van der Waals surface area contributed by atoms with Gasteiger partial charge in [-0.15, -0.1) is 0 Å². The lowest BCUT2D eigenvalue weighted by Gasteiger charge is -2.42. The number of rotatable bonds is 7. The molecule has 10 heteroatoms. The number of alkyl halides is 3. The predicted molar refractivity (Wildman–Crippen MR) is 138 cm³/mol. The number of hydrogen-bond donors (Lipinski definition) is 3. The van der Waals surface area contributed by atoms with Gasteiger partial charge in [-0.1, -0.05) is 58.9 Å². The number of benzene rings is 2. The number of nitrogens with one attached hydrogen (secondary N) is 3. The lowest BCUT2D eigenvalue weighted by Crippen LogP contribution is -2.66. The van der Waals surface area contributed by atoms with Gasteiger partial charge in [-0.05, 0) is 52.6 Å². The van der Waals surface area contributed by atoms with Gasteiger partial charge in [0.05, 0.1) is 31.8 Å². The number of hydrogen-bond acceptors (Lipinski definition) is 5. The standard InChI is InChI=1S/C27H34F3N3O3S/c1-25(2,3)22(16-7-13-19(14-8-16)37-27(28,29)30)33-23(35)20-15-21(34)32-24(31-20)26(4,5)17-9-11-18(36-6)12-10-17/h7-14,20,22,24,31H,15H2,1-6H3,(H,32,34)(H,33,35)/t20?,22-,24?/m0/s1. The van der Waals surface area contributed by atoms with Crippen molar-refractivity contribution in [1.29, 1.82) is 0 Å². The number of thioether (sulfide) groups is 1. The number of methoxy groups -OCH3 is 1. The summed E-state index contributed by atoms with van der Waals surface area (Å²) in [7, 11) is 1.59. The van der Waals surface area contributed by atoms with E-state index in [4.69, 9.17) is 4.74 Å². The summed E-state index contributed by atoms with van der Waals surface area (Å²) in [6.45, 7) is 9.77. The second kappa shape index (κ2) is 10.9. The minimum atomic E-state index is -4.37. The van der Waals surface area contributed by atoms with Gasteiger partial charge < -0.3 is 15.4 Å². The molecule has 0 aromatic heterocycles. The molecular weight excluding hydrogens is 503 g/mol. The van der Waals surface area contributed by atoms with Gasteiger partial charge in [-0.25, -0.2) is 0 Å². The predicted octanol–water partition coefficient (Wildman–Crippen LogP) is 5.29. The summed E-state index contributed by atoms with van der Waals surface area (Å²) in [6, 6.07) is 12.3. The molecule has 6 nitrogen and oxygen atoms in total. The largest absolute Gasteiger partial charge is 0.497 e. The van der Waals surface area contributed by atoms with Gasteiger partial charge in [-0.3, -0.25) is 14.9 Å². The first-order valence-electron chi connectivity index (χ1n) is 12.0. The molecule has 3 rings (SSSR count). The van der Waals surface area contributed by atoms with E-state index in [1.807, 2.05) is 58.9 Å². The Hall–Kier alpha value is -2.72. The van der Waals surface area contributed by atoms with E-state index in [1.165, 1.54) is 12.1 Å². The zero-order valence-electron chi connectivity index (χ0n) is 21.8. The van der Waals surface area contributed by atoms with Crippen LogP contribution in [0.15, 0.2) is 53.4 Å². The number of carbonyl (C=O) groups excluding carboxylic acids is 2. The summed E-state index contributed by atoms with van der Waals surface area (Å²) in [5.41, 5.74) is -3.72. The molecule has 0 bridgehead atoms. The van der Waals surface area contributed by atoms with Crippen molar-refractivity contribution < 1.29 is 27.5 Å². The van der Waals surface area contributed by atoms with Crippen molar-refractivity contribution in [3.05, 3.63) is 59.7 Å². The molecule has 2 amide bonds. The second-order valence-corrected chi connectivity index (χ2v) is 11.9. The van der Waals surface area contributed by atoms with Crippen molar-refractivity contribution in [3.8, 4) is 5.75 Å². The van der Waals surface area contributed by atoms with Crippen LogP contribution < -0.4 is 20.7 Å². The molecule has 2 aromatic rings. The number of ether oxygens (including phenoxy) is 1. The minimum Gasteiger partial charge on any atom is -0.497 e. The van der Waals surface area contributed by atoms with Crippen molar-refractivity contribution in [2.45, 2.75) is 75.1 Å². The molecule has 2 unspecified atom stereocenters. The molecule has 1 fully saturated rings. The van der Waals surface area contributed by atoms with Gasteiger partial charge in [0.25, 0.3) is 0 Å². The van der Waals surface area contributed by atoms with Crippen LogP contribution in [0, 0.1) is 5.41 Å². The maximum Gasteiger partial charge on any atom is 0.446 e. The Morgan fingerprint density at radius 3 is 2.14 bits per heavy atom. The summed E-state index contributed by atoms with van der Waals surface area (Å²) in [6.07, 6.45) is -0.538. The Bertz CT molecular complexity index is 1100. The molecular formula is C27H34F3N3O3S. The second-order valence-electron chi connectivity index (χ2n) is 10.8. The van der Waals surface area contributed by atoms with E-state index in [0.29, 0.717) is 5.56 Å². The fourth-order valence-corrected chi connectivity index (χ4v) is 4.90. The molecule has 0 spiro atoms. The van der Waals surface area contributed by atoms with E-state index in [0.717, 1.165) is 11.3 Å². The Morgan fingerprint density at radius 1 is 1.03 bits per heavy atom. The molecule has 1 aliphatic heterocycles. The van der Waals surface area contributed by atoms with Crippen LogP contribution in [0.5, 0.6) is 5.75 Å². The number of amides is 2. The molecule has 0 aliphatic carbocycles. The highest BCUT2D eigenvalue weighted by atomic mass is 32.2. The topological polar surface area (TPSA) is 79.5 Å². The van der Waals surface area contributed by atoms with E-state index in [9.17, 15) is 22.8 Å². The van der Waals surface area contributed by atoms with E-state index in [2.05, 4.69) is 16.0 Å². The van der Waals surface area contributed by atoms with Gasteiger partial charge >= 0.3 is 5.51 Å². The van der Waals surface area contributed by atoms with Crippen LogP contribution in [0.1, 0.15) is 58.2 Å². The number of carbonyl (C=O) groups is 2. The average molecular weight is 538 g/mol. The lowest BCUT2D eigenvalue weighted by atomic mass is 9.79. The Balaban J connectivity index is 1.78. The number of halogens is 3. The molecule has 0 radical (unpaired) electrons. The van der Waals surface area contributed by atoms with Crippen molar-refractivity contribution in [2.75, 3.05) is 7.11 Å². The Kier molecular flexibility index (Phi) is 8.54. The third kappa shape index (κ3) is 7.41. The quantitative estimate of drug-likeness (QED) is 0.418. The van der Waals surface area contributed by atoms with Crippen molar-refractivity contribution in [2.24, 2.45) is 5.41 Å². The first-order valence-corrected chi connectivity index (χ1v) is 12.8. The molecule has 1 saturated heterocycles. The maximum atomic E-state index is 13.4. The Labute approximate surface area is 220 Å². The van der Waals surface area contributed by atoms with Gasteiger partial charge in [-0.2, -0.15) is 13.2 Å². The van der Waals surface area contributed by atoms with Gasteiger partial charge in [0, 0.05) is 10.3 Å². The molecule has 1 aliphatic rings. The molecule has 202 valence electrons. The van der Waals surface area contributed by atoms with Crippen LogP contribution in [0.25, 0.3) is 0 Å². The summed E-state index contributed by atoms with van der Waals surface area (Å²) >= 11 is -0.181. The van der Waals surface area contributed by atoms with Crippen molar-refractivity contribution >= 4 is 23.6 Å².